The number of urea groups is 1. The first-order valence-corrected chi connectivity index (χ1v) is 9.13. The normalized spacial score (nSPS) is 12.7. The summed E-state index contributed by atoms with van der Waals surface area (Å²) in [5.41, 5.74) is 2.78. The molecule has 0 atom stereocenters. The highest BCUT2D eigenvalue weighted by Crippen LogP contribution is 2.37. The topological polar surface area (TPSA) is 32.3 Å². The standard InChI is InChI=1S/C20H34N2OS/c1-13(2)15-11-10-12-16(14(3)4)17(15)22(24)18(23)21-20(8,9)19(5,6)7/h10-14,24H,1-9H3,(H,21,23). The van der Waals surface area contributed by atoms with Crippen molar-refractivity contribution in [2.24, 2.45) is 5.41 Å². The van der Waals surface area contributed by atoms with Gasteiger partial charge < -0.3 is 5.32 Å². The second-order valence-electron chi connectivity index (χ2n) is 8.71. The lowest BCUT2D eigenvalue weighted by atomic mass is 9.76. The molecule has 136 valence electrons. The van der Waals surface area contributed by atoms with Crippen LogP contribution in [0.4, 0.5) is 10.5 Å². The zero-order valence-electron chi connectivity index (χ0n) is 16.7. The molecular formula is C20H34N2OS. The maximum absolute atomic E-state index is 12.9. The van der Waals surface area contributed by atoms with E-state index in [1.54, 1.807) is 0 Å². The predicted octanol–water partition coefficient (Wildman–Crippen LogP) is 6.12. The zero-order chi connectivity index (χ0) is 18.9. The van der Waals surface area contributed by atoms with Gasteiger partial charge in [-0.15, -0.1) is 0 Å². The zero-order valence-corrected chi connectivity index (χ0v) is 17.6. The van der Waals surface area contributed by atoms with Crippen LogP contribution >= 0.6 is 12.8 Å². The van der Waals surface area contributed by atoms with E-state index < -0.39 is 0 Å². The van der Waals surface area contributed by atoms with Gasteiger partial charge in [0.15, 0.2) is 0 Å². The van der Waals surface area contributed by atoms with E-state index in [1.165, 1.54) is 4.31 Å². The van der Waals surface area contributed by atoms with Crippen LogP contribution in [0, 0.1) is 5.41 Å². The Balaban J connectivity index is 3.28. The number of para-hydroxylation sites is 1. The molecule has 0 aliphatic heterocycles. The third-order valence-corrected chi connectivity index (χ3v) is 5.42. The molecule has 0 aliphatic rings. The Morgan fingerprint density at radius 1 is 1.00 bits per heavy atom. The molecule has 0 unspecified atom stereocenters. The SMILES string of the molecule is CC(C)c1cccc(C(C)C)c1N(S)C(=O)NC(C)(C)C(C)(C)C. The monoisotopic (exact) mass is 350 g/mol. The van der Waals surface area contributed by atoms with Crippen LogP contribution in [0.1, 0.15) is 85.3 Å². The van der Waals surface area contributed by atoms with Crippen molar-refractivity contribution in [1.82, 2.24) is 5.32 Å². The Kier molecular flexibility index (Phi) is 6.43. The molecular weight excluding hydrogens is 316 g/mol. The van der Waals surface area contributed by atoms with E-state index >= 15 is 0 Å². The van der Waals surface area contributed by atoms with Crippen LogP contribution in [0.25, 0.3) is 0 Å². The number of carbonyl (C=O) groups is 1. The van der Waals surface area contributed by atoms with Gasteiger partial charge in [0.05, 0.1) is 5.69 Å². The fraction of sp³-hybridized carbons (Fsp3) is 0.650. The number of amides is 2. The van der Waals surface area contributed by atoms with Crippen LogP contribution < -0.4 is 9.62 Å². The summed E-state index contributed by atoms with van der Waals surface area (Å²) in [7, 11) is 0. The molecule has 0 spiro atoms. The van der Waals surface area contributed by atoms with Gasteiger partial charge in [-0.25, -0.2) is 9.10 Å². The van der Waals surface area contributed by atoms with Gasteiger partial charge in [-0.3, -0.25) is 0 Å². The molecule has 1 aromatic carbocycles. The Morgan fingerprint density at radius 2 is 1.42 bits per heavy atom. The van der Waals surface area contributed by atoms with Gasteiger partial charge in [0.1, 0.15) is 0 Å². The highest BCUT2D eigenvalue weighted by molar-refractivity contribution is 7.82. The summed E-state index contributed by atoms with van der Waals surface area (Å²) in [6.45, 7) is 19.0. The van der Waals surface area contributed by atoms with E-state index in [2.05, 4.69) is 84.8 Å². The lowest BCUT2D eigenvalue weighted by Crippen LogP contribution is -2.55. The van der Waals surface area contributed by atoms with Gasteiger partial charge in [0.2, 0.25) is 0 Å². The van der Waals surface area contributed by atoms with Crippen LogP contribution in [0.15, 0.2) is 18.2 Å². The molecule has 0 saturated carbocycles. The molecule has 4 heteroatoms. The first-order chi connectivity index (χ1) is 10.8. The van der Waals surface area contributed by atoms with Gasteiger partial charge in [0, 0.05) is 5.54 Å². The van der Waals surface area contributed by atoms with Crippen molar-refractivity contribution in [2.45, 2.75) is 79.7 Å². The quantitative estimate of drug-likeness (QED) is 0.630. The van der Waals surface area contributed by atoms with Gasteiger partial charge in [-0.1, -0.05) is 79.5 Å². The van der Waals surface area contributed by atoms with Crippen LogP contribution in [0.2, 0.25) is 0 Å². The van der Waals surface area contributed by atoms with Crippen molar-refractivity contribution in [3.05, 3.63) is 29.3 Å². The Bertz CT molecular complexity index is 560. The number of hydrogen-bond acceptors (Lipinski definition) is 2. The van der Waals surface area contributed by atoms with Crippen molar-refractivity contribution in [3.8, 4) is 0 Å². The molecule has 1 rings (SSSR count). The summed E-state index contributed by atoms with van der Waals surface area (Å²) in [5.74, 6) is 0.633. The van der Waals surface area contributed by atoms with Crippen LogP contribution in [0.5, 0.6) is 0 Å². The molecule has 0 heterocycles. The maximum atomic E-state index is 12.9. The molecule has 24 heavy (non-hydrogen) atoms. The Morgan fingerprint density at radius 3 is 1.75 bits per heavy atom. The van der Waals surface area contributed by atoms with E-state index in [0.717, 1.165) is 16.8 Å². The smallest absolute Gasteiger partial charge is 0.332 e. The Hall–Kier alpha value is -1.16. The van der Waals surface area contributed by atoms with E-state index in [9.17, 15) is 4.79 Å². The van der Waals surface area contributed by atoms with Crippen molar-refractivity contribution in [3.63, 3.8) is 0 Å². The third kappa shape index (κ3) is 4.47. The average molecular weight is 351 g/mol. The molecule has 0 radical (unpaired) electrons. The van der Waals surface area contributed by atoms with Crippen LogP contribution in [-0.4, -0.2) is 11.6 Å². The van der Waals surface area contributed by atoms with Crippen LogP contribution in [0.3, 0.4) is 0 Å². The highest BCUT2D eigenvalue weighted by Gasteiger charge is 2.35. The molecule has 0 bridgehead atoms. The summed E-state index contributed by atoms with van der Waals surface area (Å²) >= 11 is 4.57. The first kappa shape index (κ1) is 20.9. The lowest BCUT2D eigenvalue weighted by molar-refractivity contribution is 0.177. The molecule has 2 amide bonds. The minimum atomic E-state index is -0.351. The number of anilines is 1. The van der Waals surface area contributed by atoms with E-state index in [4.69, 9.17) is 0 Å². The van der Waals surface area contributed by atoms with Crippen molar-refractivity contribution < 1.29 is 4.79 Å². The fourth-order valence-electron chi connectivity index (χ4n) is 2.37. The van der Waals surface area contributed by atoms with Gasteiger partial charge in [-0.2, -0.15) is 0 Å². The number of benzene rings is 1. The largest absolute Gasteiger partial charge is 0.332 e. The molecule has 0 fully saturated rings. The van der Waals surface area contributed by atoms with Gasteiger partial charge in [0.25, 0.3) is 0 Å². The summed E-state index contributed by atoms with van der Waals surface area (Å²) in [5, 5.41) is 3.14. The second kappa shape index (κ2) is 7.38. The Labute approximate surface area is 153 Å². The molecule has 0 saturated heterocycles. The highest BCUT2D eigenvalue weighted by atomic mass is 32.1. The molecule has 1 aromatic rings. The van der Waals surface area contributed by atoms with Gasteiger partial charge >= 0.3 is 6.03 Å². The third-order valence-electron chi connectivity index (χ3n) is 5.04. The molecule has 0 aromatic heterocycles. The number of thiol groups is 1. The summed E-state index contributed by atoms with van der Waals surface area (Å²) in [6.07, 6.45) is 0. The molecule has 0 aliphatic carbocycles. The van der Waals surface area contributed by atoms with E-state index in [-0.39, 0.29) is 17.0 Å². The number of rotatable bonds is 4. The summed E-state index contributed by atoms with van der Waals surface area (Å²) in [6, 6.07) is 6.04. The fourth-order valence-corrected chi connectivity index (χ4v) is 2.65. The van der Waals surface area contributed by atoms with Crippen molar-refractivity contribution in [2.75, 3.05) is 4.31 Å². The average Bonchev–Trinajstić information content (AvgIpc) is 2.43. The van der Waals surface area contributed by atoms with Crippen LogP contribution in [-0.2, 0) is 0 Å². The predicted molar refractivity (Wildman–Crippen MR) is 108 cm³/mol. The van der Waals surface area contributed by atoms with E-state index in [1.807, 2.05) is 13.8 Å². The minimum Gasteiger partial charge on any atom is -0.332 e. The van der Waals surface area contributed by atoms with Gasteiger partial charge in [-0.05, 0) is 42.2 Å². The molecule has 1 N–H and O–H groups in total. The minimum absolute atomic E-state index is 0.0598. The number of carbonyl (C=O) groups excluding carboxylic acids is 1. The van der Waals surface area contributed by atoms with E-state index in [0.29, 0.717) is 11.8 Å². The lowest BCUT2D eigenvalue weighted by Gasteiger charge is -2.40. The van der Waals surface area contributed by atoms with Crippen molar-refractivity contribution in [1.29, 1.82) is 0 Å². The number of nitrogens with zero attached hydrogens (tertiary/aromatic N) is 1. The summed E-state index contributed by atoms with van der Waals surface area (Å²) < 4.78 is 1.48. The second-order valence-corrected chi connectivity index (χ2v) is 9.11. The summed E-state index contributed by atoms with van der Waals surface area (Å²) in [4.78, 5) is 12.9. The first-order valence-electron chi connectivity index (χ1n) is 8.73. The maximum Gasteiger partial charge on any atom is 0.332 e. The number of hydrogen-bond donors (Lipinski definition) is 2. The van der Waals surface area contributed by atoms with Crippen molar-refractivity contribution >= 4 is 24.5 Å². The molecule has 3 nitrogen and oxygen atoms in total. The number of nitrogens with one attached hydrogen (secondary N) is 1.